The zero-order chi connectivity index (χ0) is 12.0. The van der Waals surface area contributed by atoms with E-state index in [1.54, 1.807) is 0 Å². The highest BCUT2D eigenvalue weighted by Gasteiger charge is 2.46. The number of carbonyl (C=O) groups is 1. The van der Waals surface area contributed by atoms with Gasteiger partial charge >= 0.3 is 0 Å². The van der Waals surface area contributed by atoms with Crippen LogP contribution in [-0.2, 0) is 4.79 Å². The van der Waals surface area contributed by atoms with Crippen molar-refractivity contribution in [1.82, 2.24) is 9.80 Å². The third kappa shape index (κ3) is 1.78. The quantitative estimate of drug-likeness (QED) is 0.725. The normalized spacial score (nSPS) is 36.5. The molecule has 3 fully saturated rings. The van der Waals surface area contributed by atoms with E-state index < -0.39 is 5.54 Å². The van der Waals surface area contributed by atoms with Crippen LogP contribution in [0.5, 0.6) is 0 Å². The number of piperazine rings is 1. The van der Waals surface area contributed by atoms with E-state index in [1.807, 2.05) is 0 Å². The predicted molar refractivity (Wildman–Crippen MR) is 66.5 cm³/mol. The zero-order valence-electron chi connectivity index (χ0n) is 10.7. The van der Waals surface area contributed by atoms with E-state index in [0.717, 1.165) is 32.4 Å². The van der Waals surface area contributed by atoms with Crippen molar-refractivity contribution in [2.75, 3.05) is 19.6 Å². The van der Waals surface area contributed by atoms with Gasteiger partial charge in [-0.25, -0.2) is 0 Å². The van der Waals surface area contributed by atoms with E-state index in [4.69, 9.17) is 5.73 Å². The van der Waals surface area contributed by atoms with E-state index in [1.165, 1.54) is 19.4 Å². The first kappa shape index (κ1) is 11.5. The Hall–Kier alpha value is -0.610. The first-order valence-corrected chi connectivity index (χ1v) is 6.94. The maximum atomic E-state index is 12.5. The van der Waals surface area contributed by atoms with Gasteiger partial charge in [0.2, 0.25) is 5.91 Å². The van der Waals surface area contributed by atoms with Crippen LogP contribution in [0.2, 0.25) is 0 Å². The molecule has 0 aromatic carbocycles. The maximum absolute atomic E-state index is 12.5. The minimum Gasteiger partial charge on any atom is -0.336 e. The SMILES string of the molecule is CC1CN2CCCC2CN1C(=O)C1(N)CCC1. The zero-order valence-corrected chi connectivity index (χ0v) is 10.7. The Bertz CT molecular complexity index is 327. The molecule has 96 valence electrons. The number of nitrogens with two attached hydrogens (primary N) is 1. The van der Waals surface area contributed by atoms with Gasteiger partial charge in [0.15, 0.2) is 0 Å². The predicted octanol–water partition coefficient (Wildman–Crippen LogP) is 0.563. The highest BCUT2D eigenvalue weighted by atomic mass is 16.2. The van der Waals surface area contributed by atoms with Crippen LogP contribution in [0, 0.1) is 0 Å². The molecular formula is C13H23N3O. The molecule has 4 nitrogen and oxygen atoms in total. The van der Waals surface area contributed by atoms with Crippen molar-refractivity contribution in [3.8, 4) is 0 Å². The molecule has 2 saturated heterocycles. The average Bonchev–Trinajstić information content (AvgIpc) is 2.70. The lowest BCUT2D eigenvalue weighted by Crippen LogP contribution is -2.66. The summed E-state index contributed by atoms with van der Waals surface area (Å²) in [5, 5.41) is 0. The van der Waals surface area contributed by atoms with E-state index in [9.17, 15) is 4.79 Å². The topological polar surface area (TPSA) is 49.6 Å². The van der Waals surface area contributed by atoms with Gasteiger partial charge in [-0.3, -0.25) is 9.69 Å². The number of nitrogens with zero attached hydrogens (tertiary/aromatic N) is 2. The lowest BCUT2D eigenvalue weighted by Gasteiger charge is -2.47. The Morgan fingerprint density at radius 2 is 2.06 bits per heavy atom. The molecule has 2 atom stereocenters. The highest BCUT2D eigenvalue weighted by Crippen LogP contribution is 2.33. The number of fused-ring (bicyclic) bond motifs is 1. The average molecular weight is 237 g/mol. The first-order valence-electron chi connectivity index (χ1n) is 6.94. The van der Waals surface area contributed by atoms with Crippen LogP contribution in [0.3, 0.4) is 0 Å². The van der Waals surface area contributed by atoms with Crippen molar-refractivity contribution in [1.29, 1.82) is 0 Å². The largest absolute Gasteiger partial charge is 0.336 e. The van der Waals surface area contributed by atoms with Crippen molar-refractivity contribution >= 4 is 5.91 Å². The number of rotatable bonds is 1. The summed E-state index contributed by atoms with van der Waals surface area (Å²) >= 11 is 0. The van der Waals surface area contributed by atoms with Crippen LogP contribution in [0.25, 0.3) is 0 Å². The molecule has 0 spiro atoms. The fraction of sp³-hybridized carbons (Fsp3) is 0.923. The van der Waals surface area contributed by atoms with Crippen molar-refractivity contribution in [2.45, 2.75) is 56.7 Å². The van der Waals surface area contributed by atoms with Gasteiger partial charge in [-0.15, -0.1) is 0 Å². The van der Waals surface area contributed by atoms with Gasteiger partial charge in [-0.1, -0.05) is 0 Å². The van der Waals surface area contributed by atoms with Gasteiger partial charge in [-0.05, 0) is 45.6 Å². The molecule has 4 heteroatoms. The summed E-state index contributed by atoms with van der Waals surface area (Å²) in [6.07, 6.45) is 5.40. The molecule has 3 rings (SSSR count). The lowest BCUT2D eigenvalue weighted by molar-refractivity contribution is -0.145. The molecule has 1 aliphatic carbocycles. The Morgan fingerprint density at radius 3 is 2.71 bits per heavy atom. The summed E-state index contributed by atoms with van der Waals surface area (Å²) in [5.41, 5.74) is 5.65. The first-order chi connectivity index (χ1) is 8.10. The van der Waals surface area contributed by atoms with Gasteiger partial charge < -0.3 is 10.6 Å². The molecule has 0 radical (unpaired) electrons. The molecule has 2 heterocycles. The van der Waals surface area contributed by atoms with E-state index >= 15 is 0 Å². The molecule has 0 aromatic rings. The molecule has 2 unspecified atom stereocenters. The summed E-state index contributed by atoms with van der Waals surface area (Å²) in [5.74, 6) is 0.211. The molecule has 1 saturated carbocycles. The Balaban J connectivity index is 1.72. The van der Waals surface area contributed by atoms with Crippen LogP contribution in [0.1, 0.15) is 39.0 Å². The van der Waals surface area contributed by atoms with E-state index in [2.05, 4.69) is 16.7 Å². The Morgan fingerprint density at radius 1 is 1.29 bits per heavy atom. The molecule has 0 bridgehead atoms. The molecule has 3 aliphatic rings. The number of carbonyl (C=O) groups excluding carboxylic acids is 1. The smallest absolute Gasteiger partial charge is 0.242 e. The minimum absolute atomic E-state index is 0.211. The molecule has 17 heavy (non-hydrogen) atoms. The van der Waals surface area contributed by atoms with Gasteiger partial charge in [0, 0.05) is 25.2 Å². The fourth-order valence-electron chi connectivity index (χ4n) is 3.53. The van der Waals surface area contributed by atoms with Crippen molar-refractivity contribution in [3.05, 3.63) is 0 Å². The van der Waals surface area contributed by atoms with Crippen molar-refractivity contribution in [2.24, 2.45) is 5.73 Å². The summed E-state index contributed by atoms with van der Waals surface area (Å²) < 4.78 is 0. The van der Waals surface area contributed by atoms with E-state index in [-0.39, 0.29) is 5.91 Å². The number of amides is 1. The van der Waals surface area contributed by atoms with Gasteiger partial charge in [-0.2, -0.15) is 0 Å². The van der Waals surface area contributed by atoms with Crippen molar-refractivity contribution < 1.29 is 4.79 Å². The Labute approximate surface area is 103 Å². The van der Waals surface area contributed by atoms with Crippen LogP contribution in [0.15, 0.2) is 0 Å². The van der Waals surface area contributed by atoms with Crippen LogP contribution in [-0.4, -0.2) is 53.0 Å². The highest BCUT2D eigenvalue weighted by molar-refractivity contribution is 5.87. The molecular weight excluding hydrogens is 214 g/mol. The fourth-order valence-corrected chi connectivity index (χ4v) is 3.53. The summed E-state index contributed by atoms with van der Waals surface area (Å²) in [6, 6.07) is 0.928. The van der Waals surface area contributed by atoms with Crippen LogP contribution >= 0.6 is 0 Å². The maximum Gasteiger partial charge on any atom is 0.242 e. The Kier molecular flexibility index (Phi) is 2.67. The summed E-state index contributed by atoms with van der Waals surface area (Å²) in [7, 11) is 0. The monoisotopic (exact) mass is 237 g/mol. The van der Waals surface area contributed by atoms with Gasteiger partial charge in [0.05, 0.1) is 5.54 Å². The molecule has 2 N–H and O–H groups in total. The van der Waals surface area contributed by atoms with Crippen LogP contribution in [0.4, 0.5) is 0 Å². The second-order valence-electron chi connectivity index (χ2n) is 6.11. The lowest BCUT2D eigenvalue weighted by atomic mass is 9.76. The third-order valence-electron chi connectivity index (χ3n) is 4.87. The molecule has 0 aromatic heterocycles. The van der Waals surface area contributed by atoms with Crippen molar-refractivity contribution in [3.63, 3.8) is 0 Å². The standard InChI is InChI=1S/C13H23N3O/c1-10-8-15-7-2-4-11(15)9-16(10)12(17)13(14)5-3-6-13/h10-11H,2-9,14H2,1H3. The summed E-state index contributed by atoms with van der Waals surface area (Å²) in [6.45, 7) is 5.31. The molecule has 1 amide bonds. The van der Waals surface area contributed by atoms with Gasteiger partial charge in [0.25, 0.3) is 0 Å². The van der Waals surface area contributed by atoms with Crippen LogP contribution < -0.4 is 5.73 Å². The second kappa shape index (κ2) is 3.95. The van der Waals surface area contributed by atoms with E-state index in [0.29, 0.717) is 12.1 Å². The van der Waals surface area contributed by atoms with Gasteiger partial charge in [0.1, 0.15) is 0 Å². The second-order valence-corrected chi connectivity index (χ2v) is 6.11. The number of hydrogen-bond acceptors (Lipinski definition) is 3. The summed E-state index contributed by atoms with van der Waals surface area (Å²) in [4.78, 5) is 17.1. The number of hydrogen-bond donors (Lipinski definition) is 1. The minimum atomic E-state index is -0.519. The third-order valence-corrected chi connectivity index (χ3v) is 4.87. The molecule has 2 aliphatic heterocycles.